The van der Waals surface area contributed by atoms with E-state index < -0.39 is 24.0 Å². The number of amides is 2. The molecule has 22 heavy (non-hydrogen) atoms. The highest BCUT2D eigenvalue weighted by Gasteiger charge is 2.31. The zero-order valence-electron chi connectivity index (χ0n) is 11.4. The molecule has 0 spiro atoms. The molecule has 1 heterocycles. The molecule has 1 aromatic carbocycles. The second kappa shape index (κ2) is 6.98. The van der Waals surface area contributed by atoms with Gasteiger partial charge in [0.25, 0.3) is 0 Å². The molecule has 3 N–H and O–H groups in total. The molecule has 0 saturated carbocycles. The highest BCUT2D eigenvalue weighted by Crippen LogP contribution is 2.25. The number of nitrogens with one attached hydrogen (secondary N) is 2. The van der Waals surface area contributed by atoms with Crippen LogP contribution in [0.15, 0.2) is 18.2 Å². The quantitative estimate of drug-likeness (QED) is 0.751. The maximum absolute atomic E-state index is 12.0. The van der Waals surface area contributed by atoms with Crippen molar-refractivity contribution < 1.29 is 19.5 Å². The highest BCUT2D eigenvalue weighted by molar-refractivity contribution is 6.36. The third kappa shape index (κ3) is 3.90. The van der Waals surface area contributed by atoms with Gasteiger partial charge in [-0.3, -0.25) is 9.59 Å². The minimum Gasteiger partial charge on any atom is -0.480 e. The summed E-state index contributed by atoms with van der Waals surface area (Å²) in [5.41, 5.74) is 0.453. The summed E-state index contributed by atoms with van der Waals surface area (Å²) >= 11 is 12.0. The second-order valence-electron chi connectivity index (χ2n) is 4.96. The van der Waals surface area contributed by atoms with E-state index in [4.69, 9.17) is 23.2 Å². The topological polar surface area (TPSA) is 95.5 Å². The van der Waals surface area contributed by atoms with Crippen LogP contribution in [0.2, 0.25) is 10.0 Å². The molecule has 0 aromatic heterocycles. The van der Waals surface area contributed by atoms with E-state index in [2.05, 4.69) is 10.6 Å². The first-order valence-electron chi connectivity index (χ1n) is 6.64. The molecule has 118 valence electrons. The number of aliphatic carboxylic acids is 1. The summed E-state index contributed by atoms with van der Waals surface area (Å²) in [6.45, 7) is 0. The lowest BCUT2D eigenvalue weighted by Crippen LogP contribution is -2.49. The van der Waals surface area contributed by atoms with Gasteiger partial charge in [0.1, 0.15) is 12.1 Å². The second-order valence-corrected chi connectivity index (χ2v) is 5.78. The Morgan fingerprint density at radius 3 is 2.50 bits per heavy atom. The van der Waals surface area contributed by atoms with Gasteiger partial charge in [0, 0.05) is 22.9 Å². The molecule has 1 aliphatic heterocycles. The Kier molecular flexibility index (Phi) is 5.26. The van der Waals surface area contributed by atoms with Crippen molar-refractivity contribution in [1.82, 2.24) is 10.6 Å². The van der Waals surface area contributed by atoms with Crippen LogP contribution in [0.4, 0.5) is 0 Å². The SMILES string of the molecule is O=C1CC[C@H](C(=O)N[C@H](Cc2c(Cl)cccc2Cl)C(=O)O)N1. The van der Waals surface area contributed by atoms with Gasteiger partial charge in [0.2, 0.25) is 11.8 Å². The smallest absolute Gasteiger partial charge is 0.326 e. The van der Waals surface area contributed by atoms with E-state index >= 15 is 0 Å². The van der Waals surface area contributed by atoms with E-state index in [0.717, 1.165) is 0 Å². The average Bonchev–Trinajstić information content (AvgIpc) is 2.88. The Morgan fingerprint density at radius 1 is 1.36 bits per heavy atom. The van der Waals surface area contributed by atoms with Crippen LogP contribution in [0.5, 0.6) is 0 Å². The van der Waals surface area contributed by atoms with E-state index in [1.54, 1.807) is 18.2 Å². The molecule has 6 nitrogen and oxygen atoms in total. The number of carbonyl (C=O) groups excluding carboxylic acids is 2. The molecule has 2 rings (SSSR count). The summed E-state index contributed by atoms with van der Waals surface area (Å²) in [5.74, 6) is -1.95. The van der Waals surface area contributed by atoms with Crippen molar-refractivity contribution in [3.05, 3.63) is 33.8 Å². The largest absolute Gasteiger partial charge is 0.480 e. The lowest BCUT2D eigenvalue weighted by atomic mass is 10.0. The van der Waals surface area contributed by atoms with E-state index in [0.29, 0.717) is 22.0 Å². The summed E-state index contributed by atoms with van der Waals surface area (Å²) < 4.78 is 0. The number of rotatable bonds is 5. The third-order valence-electron chi connectivity index (χ3n) is 3.40. The van der Waals surface area contributed by atoms with Gasteiger partial charge in [0.15, 0.2) is 0 Å². The Morgan fingerprint density at radius 2 is 2.00 bits per heavy atom. The van der Waals surface area contributed by atoms with Crippen molar-refractivity contribution in [1.29, 1.82) is 0 Å². The summed E-state index contributed by atoms with van der Waals surface area (Å²) in [4.78, 5) is 34.5. The molecule has 1 aromatic rings. The Hall–Kier alpha value is -1.79. The fraction of sp³-hybridized carbons (Fsp3) is 0.357. The number of hydrogen-bond donors (Lipinski definition) is 3. The van der Waals surface area contributed by atoms with E-state index in [-0.39, 0.29) is 18.7 Å². The predicted octanol–water partition coefficient (Wildman–Crippen LogP) is 1.38. The molecule has 1 saturated heterocycles. The molecule has 1 fully saturated rings. The van der Waals surface area contributed by atoms with Crippen LogP contribution >= 0.6 is 23.2 Å². The average molecular weight is 345 g/mol. The van der Waals surface area contributed by atoms with Crippen LogP contribution in [0.1, 0.15) is 18.4 Å². The van der Waals surface area contributed by atoms with Crippen LogP contribution in [0, 0.1) is 0 Å². The Labute approximate surface area is 136 Å². The molecular weight excluding hydrogens is 331 g/mol. The highest BCUT2D eigenvalue weighted by atomic mass is 35.5. The van der Waals surface area contributed by atoms with Crippen molar-refractivity contribution in [2.45, 2.75) is 31.3 Å². The van der Waals surface area contributed by atoms with Crippen molar-refractivity contribution in [2.24, 2.45) is 0 Å². The molecule has 0 bridgehead atoms. The molecule has 2 amide bonds. The first-order valence-corrected chi connectivity index (χ1v) is 7.39. The first-order chi connectivity index (χ1) is 10.4. The molecule has 0 unspecified atom stereocenters. The van der Waals surface area contributed by atoms with Crippen LogP contribution in [-0.4, -0.2) is 35.0 Å². The number of benzene rings is 1. The summed E-state index contributed by atoms with van der Waals surface area (Å²) in [7, 11) is 0. The van der Waals surface area contributed by atoms with Crippen molar-refractivity contribution in [3.8, 4) is 0 Å². The van der Waals surface area contributed by atoms with Crippen LogP contribution in [0.3, 0.4) is 0 Å². The number of carboxylic acid groups (broad SMARTS) is 1. The van der Waals surface area contributed by atoms with E-state index in [9.17, 15) is 19.5 Å². The van der Waals surface area contributed by atoms with E-state index in [1.165, 1.54) is 0 Å². The van der Waals surface area contributed by atoms with Crippen LogP contribution < -0.4 is 10.6 Å². The van der Waals surface area contributed by atoms with Gasteiger partial charge < -0.3 is 15.7 Å². The fourth-order valence-electron chi connectivity index (χ4n) is 2.21. The molecule has 1 aliphatic rings. The van der Waals surface area contributed by atoms with Crippen LogP contribution in [0.25, 0.3) is 0 Å². The molecule has 0 aliphatic carbocycles. The minimum atomic E-state index is -1.20. The lowest BCUT2D eigenvalue weighted by molar-refractivity contribution is -0.142. The lowest BCUT2D eigenvalue weighted by Gasteiger charge is -2.18. The van der Waals surface area contributed by atoms with Gasteiger partial charge >= 0.3 is 5.97 Å². The fourth-order valence-corrected chi connectivity index (χ4v) is 2.77. The van der Waals surface area contributed by atoms with Crippen LogP contribution in [-0.2, 0) is 20.8 Å². The van der Waals surface area contributed by atoms with Gasteiger partial charge in [-0.2, -0.15) is 0 Å². The zero-order valence-corrected chi connectivity index (χ0v) is 12.9. The van der Waals surface area contributed by atoms with Crippen molar-refractivity contribution in [3.63, 3.8) is 0 Å². The Balaban J connectivity index is 2.09. The van der Waals surface area contributed by atoms with Gasteiger partial charge in [-0.25, -0.2) is 4.79 Å². The van der Waals surface area contributed by atoms with Gasteiger partial charge in [-0.05, 0) is 24.1 Å². The standard InChI is InChI=1S/C14H14Cl2N2O4/c15-8-2-1-3-9(16)7(8)6-11(14(21)22)18-13(20)10-4-5-12(19)17-10/h1-3,10-11H,4-6H2,(H,17,19)(H,18,20)(H,21,22)/t10-,11-/m1/s1. The zero-order chi connectivity index (χ0) is 16.3. The number of carbonyl (C=O) groups is 3. The van der Waals surface area contributed by atoms with Crippen molar-refractivity contribution >= 4 is 41.0 Å². The first kappa shape index (κ1) is 16.6. The normalized spacial score (nSPS) is 18.6. The molecule has 0 radical (unpaired) electrons. The monoisotopic (exact) mass is 344 g/mol. The van der Waals surface area contributed by atoms with Gasteiger partial charge in [0.05, 0.1) is 0 Å². The van der Waals surface area contributed by atoms with Gasteiger partial charge in [-0.1, -0.05) is 29.3 Å². The van der Waals surface area contributed by atoms with Crippen molar-refractivity contribution in [2.75, 3.05) is 0 Å². The third-order valence-corrected chi connectivity index (χ3v) is 4.10. The number of halogens is 2. The minimum absolute atomic E-state index is 0.0414. The maximum atomic E-state index is 12.0. The summed E-state index contributed by atoms with van der Waals surface area (Å²) in [5, 5.41) is 14.8. The molecule has 2 atom stereocenters. The summed E-state index contributed by atoms with van der Waals surface area (Å²) in [6, 6.07) is 2.97. The molecule has 8 heteroatoms. The maximum Gasteiger partial charge on any atom is 0.326 e. The predicted molar refractivity (Wildman–Crippen MR) is 80.9 cm³/mol. The number of carboxylic acids is 1. The van der Waals surface area contributed by atoms with Gasteiger partial charge in [-0.15, -0.1) is 0 Å². The number of hydrogen-bond acceptors (Lipinski definition) is 3. The van der Waals surface area contributed by atoms with E-state index in [1.807, 2.05) is 0 Å². The summed E-state index contributed by atoms with van der Waals surface area (Å²) in [6.07, 6.45) is 0.566. The molecular formula is C14H14Cl2N2O4. The Bertz CT molecular complexity index is 601.